The molecule has 0 N–H and O–H groups in total. The Balaban J connectivity index is 0.00000420. The molecule has 0 amide bonds. The molecule has 0 radical (unpaired) electrons. The second-order valence-electron chi connectivity index (χ2n) is 7.22. The minimum Gasteiger partial charge on any atom is -0.744 e. The zero-order valence-corrected chi connectivity index (χ0v) is 21.7. The summed E-state index contributed by atoms with van der Waals surface area (Å²) < 4.78 is 40.5. The predicted octanol–water partition coefficient (Wildman–Crippen LogP) is 3.46. The molecule has 2 rings (SSSR count). The first-order valence-corrected chi connectivity index (χ1v) is 11.7. The van der Waals surface area contributed by atoms with Crippen LogP contribution in [0.2, 0.25) is 0 Å². The summed E-state index contributed by atoms with van der Waals surface area (Å²) in [6.07, 6.45) is 11.3. The number of hydrogen-bond donors (Lipinski definition) is 0. The molecule has 0 aromatic heterocycles. The molecular weight excluding hydrogens is 411 g/mol. The number of ether oxygens (including phenoxy) is 1. The number of benzene rings is 2. The Bertz CT molecular complexity index is 807. The van der Waals surface area contributed by atoms with Crippen LogP contribution in [0.5, 0.6) is 11.5 Å². The molecule has 0 bridgehead atoms. The molecular formula is C23H31KO4S. The third-order valence-corrected chi connectivity index (χ3v) is 5.77. The molecule has 0 spiro atoms. The van der Waals surface area contributed by atoms with Crippen molar-refractivity contribution >= 4 is 10.1 Å². The Kier molecular flexibility index (Phi) is 13.6. The fourth-order valence-electron chi connectivity index (χ4n) is 3.31. The standard InChI is InChI=1S/C23H32O4S.K/c1-2-3-4-5-6-7-8-9-11-14-20-19-22(17-18-23(20)28(24,25)26)27-21-15-12-10-13-16-21;/h10,12-13,15-19H,2-9,11,14H2,1H3,(H,24,25,26);/q;+1/p-1. The van der Waals surface area contributed by atoms with Gasteiger partial charge < -0.3 is 9.29 Å². The van der Waals surface area contributed by atoms with Crippen LogP contribution in [-0.4, -0.2) is 13.0 Å². The van der Waals surface area contributed by atoms with Crippen LogP contribution in [0.4, 0.5) is 0 Å². The summed E-state index contributed by atoms with van der Waals surface area (Å²) in [6, 6.07) is 13.9. The van der Waals surface area contributed by atoms with E-state index in [-0.39, 0.29) is 56.3 Å². The summed E-state index contributed by atoms with van der Waals surface area (Å²) in [7, 11) is -4.49. The molecule has 0 heterocycles. The summed E-state index contributed by atoms with van der Waals surface area (Å²) in [5.74, 6) is 1.22. The maximum absolute atomic E-state index is 11.6. The Morgan fingerprint density at radius 1 is 0.793 bits per heavy atom. The normalized spacial score (nSPS) is 11.1. The van der Waals surface area contributed by atoms with Crippen molar-refractivity contribution in [1.29, 1.82) is 0 Å². The van der Waals surface area contributed by atoms with Crippen LogP contribution < -0.4 is 56.1 Å². The van der Waals surface area contributed by atoms with Gasteiger partial charge in [-0.2, -0.15) is 0 Å². The minimum atomic E-state index is -4.49. The van der Waals surface area contributed by atoms with Gasteiger partial charge in [-0.05, 0) is 48.7 Å². The van der Waals surface area contributed by atoms with Gasteiger partial charge >= 0.3 is 51.4 Å². The van der Waals surface area contributed by atoms with E-state index in [9.17, 15) is 13.0 Å². The van der Waals surface area contributed by atoms with Crippen molar-refractivity contribution in [2.24, 2.45) is 0 Å². The van der Waals surface area contributed by atoms with Crippen molar-refractivity contribution in [1.82, 2.24) is 0 Å². The van der Waals surface area contributed by atoms with Crippen molar-refractivity contribution in [2.45, 2.75) is 76.0 Å². The van der Waals surface area contributed by atoms with E-state index in [0.717, 1.165) is 19.3 Å². The van der Waals surface area contributed by atoms with E-state index >= 15 is 0 Å². The predicted molar refractivity (Wildman–Crippen MR) is 112 cm³/mol. The number of aryl methyl sites for hydroxylation is 1. The Morgan fingerprint density at radius 3 is 1.97 bits per heavy atom. The van der Waals surface area contributed by atoms with Crippen LogP contribution in [0.25, 0.3) is 0 Å². The summed E-state index contributed by atoms with van der Waals surface area (Å²) >= 11 is 0. The van der Waals surface area contributed by atoms with Gasteiger partial charge in [-0.25, -0.2) is 8.42 Å². The first-order valence-electron chi connectivity index (χ1n) is 10.3. The number of para-hydroxylation sites is 1. The van der Waals surface area contributed by atoms with Gasteiger partial charge in [-0.3, -0.25) is 0 Å². The largest absolute Gasteiger partial charge is 1.00 e. The molecule has 4 nitrogen and oxygen atoms in total. The second kappa shape index (κ2) is 14.7. The minimum absolute atomic E-state index is 0. The maximum Gasteiger partial charge on any atom is 1.00 e. The monoisotopic (exact) mass is 442 g/mol. The first-order chi connectivity index (χ1) is 13.5. The summed E-state index contributed by atoms with van der Waals surface area (Å²) in [5.41, 5.74) is 0.548. The molecule has 0 saturated carbocycles. The number of hydrogen-bond acceptors (Lipinski definition) is 4. The van der Waals surface area contributed by atoms with E-state index in [1.807, 2.05) is 30.3 Å². The molecule has 0 aliphatic heterocycles. The van der Waals surface area contributed by atoms with Crippen molar-refractivity contribution in [3.8, 4) is 11.5 Å². The van der Waals surface area contributed by atoms with E-state index < -0.39 is 10.1 Å². The quantitative estimate of drug-likeness (QED) is 0.271. The van der Waals surface area contributed by atoms with Gasteiger partial charge in [0.1, 0.15) is 21.6 Å². The van der Waals surface area contributed by atoms with E-state index in [2.05, 4.69) is 6.92 Å². The Morgan fingerprint density at radius 2 is 1.38 bits per heavy atom. The van der Waals surface area contributed by atoms with E-state index in [0.29, 0.717) is 23.5 Å². The molecule has 154 valence electrons. The molecule has 0 saturated heterocycles. The molecule has 29 heavy (non-hydrogen) atoms. The van der Waals surface area contributed by atoms with Gasteiger partial charge in [-0.15, -0.1) is 0 Å². The van der Waals surface area contributed by atoms with E-state index in [1.165, 1.54) is 50.7 Å². The van der Waals surface area contributed by atoms with Crippen molar-refractivity contribution in [3.05, 3.63) is 54.1 Å². The zero-order valence-electron chi connectivity index (χ0n) is 17.7. The second-order valence-corrected chi connectivity index (χ2v) is 8.57. The third kappa shape index (κ3) is 10.6. The van der Waals surface area contributed by atoms with Gasteiger partial charge in [0.2, 0.25) is 0 Å². The van der Waals surface area contributed by atoms with Gasteiger partial charge in [0.05, 0.1) is 4.90 Å². The molecule has 0 unspecified atom stereocenters. The average molecular weight is 443 g/mol. The molecule has 2 aromatic rings. The van der Waals surface area contributed by atoms with Crippen molar-refractivity contribution < 1.29 is 69.1 Å². The van der Waals surface area contributed by atoms with Crippen LogP contribution in [0.1, 0.15) is 70.3 Å². The van der Waals surface area contributed by atoms with E-state index in [1.54, 1.807) is 6.07 Å². The van der Waals surface area contributed by atoms with Crippen LogP contribution in [0, 0.1) is 0 Å². The Labute approximate surface area is 218 Å². The van der Waals surface area contributed by atoms with Gasteiger partial charge in [-0.1, -0.05) is 76.5 Å². The maximum atomic E-state index is 11.6. The topological polar surface area (TPSA) is 66.4 Å². The summed E-state index contributed by atoms with van der Waals surface area (Å²) in [4.78, 5) is -0.132. The third-order valence-electron chi connectivity index (χ3n) is 4.83. The molecule has 0 aliphatic rings. The molecule has 0 fully saturated rings. The van der Waals surface area contributed by atoms with Crippen molar-refractivity contribution in [2.75, 3.05) is 0 Å². The van der Waals surface area contributed by atoms with Gasteiger partial charge in [0, 0.05) is 0 Å². The van der Waals surface area contributed by atoms with Crippen LogP contribution >= 0.6 is 0 Å². The van der Waals surface area contributed by atoms with Crippen LogP contribution in [0.15, 0.2) is 53.4 Å². The fourth-order valence-corrected chi connectivity index (χ4v) is 4.03. The molecule has 2 aromatic carbocycles. The molecule has 6 heteroatoms. The number of rotatable bonds is 13. The molecule has 0 atom stereocenters. The van der Waals surface area contributed by atoms with E-state index in [4.69, 9.17) is 4.74 Å². The SMILES string of the molecule is CCCCCCCCCCCc1cc(Oc2ccccc2)ccc1S(=O)(=O)[O-].[K+]. The van der Waals surface area contributed by atoms with Gasteiger partial charge in [0.15, 0.2) is 0 Å². The molecule has 0 aliphatic carbocycles. The first kappa shape index (κ1) is 26.8. The van der Waals surface area contributed by atoms with Crippen LogP contribution in [0.3, 0.4) is 0 Å². The zero-order chi connectivity index (χ0) is 20.2. The smallest absolute Gasteiger partial charge is 0.744 e. The number of unbranched alkanes of at least 4 members (excludes halogenated alkanes) is 8. The van der Waals surface area contributed by atoms with Crippen LogP contribution in [-0.2, 0) is 16.5 Å². The summed E-state index contributed by atoms with van der Waals surface area (Å²) in [5, 5.41) is 0. The van der Waals surface area contributed by atoms with Crippen molar-refractivity contribution in [3.63, 3.8) is 0 Å². The average Bonchev–Trinajstić information content (AvgIpc) is 2.67. The summed E-state index contributed by atoms with van der Waals surface area (Å²) in [6.45, 7) is 2.22. The van der Waals surface area contributed by atoms with Gasteiger partial charge in [0.25, 0.3) is 0 Å². The Hall–Kier alpha value is -0.214. The fraction of sp³-hybridized carbons (Fsp3) is 0.478.